The zero-order chi connectivity index (χ0) is 91.7. The molecule has 648 valence electrons. The fraction of sp³-hybridized carbons (Fsp3) is 0. The van der Waals surface area contributed by atoms with Crippen LogP contribution < -0.4 is 0 Å². The molecular weight excluding hydrogens is 1700 g/mol. The van der Waals surface area contributed by atoms with Crippen molar-refractivity contribution in [1.29, 1.82) is 0 Å². The molecular formula is C130H78N10. The number of rotatable bonds is 13. The Morgan fingerprint density at radius 1 is 0.136 bits per heavy atom. The van der Waals surface area contributed by atoms with Gasteiger partial charge in [-0.2, -0.15) is 0 Å². The molecule has 0 spiro atoms. The Morgan fingerprint density at radius 3 is 1.01 bits per heavy atom. The summed E-state index contributed by atoms with van der Waals surface area (Å²) in [6, 6.07) is 172. The molecule has 21 aromatic carbocycles. The van der Waals surface area contributed by atoms with E-state index in [0.717, 1.165) is 199 Å². The predicted octanol–water partition coefficient (Wildman–Crippen LogP) is 33.2. The van der Waals surface area contributed by atoms with Gasteiger partial charge < -0.3 is 18.3 Å². The van der Waals surface area contributed by atoms with Crippen LogP contribution in [-0.2, 0) is 0 Å². The molecule has 0 bridgehead atoms. The van der Waals surface area contributed by atoms with Crippen LogP contribution in [0.3, 0.4) is 0 Å². The van der Waals surface area contributed by atoms with Crippen molar-refractivity contribution in [3.05, 3.63) is 473 Å². The maximum Gasteiger partial charge on any atom is 0.166 e. The van der Waals surface area contributed by atoms with Crippen molar-refractivity contribution < 1.29 is 0 Å². The molecule has 0 N–H and O–H groups in total. The van der Waals surface area contributed by atoms with Crippen LogP contribution in [-0.4, -0.2) is 48.2 Å². The molecule has 2 aliphatic heterocycles. The molecule has 0 saturated carbocycles. The van der Waals surface area contributed by atoms with Gasteiger partial charge in [0.15, 0.2) is 34.9 Å². The van der Waals surface area contributed by atoms with Crippen LogP contribution in [0.1, 0.15) is 0 Å². The monoisotopic (exact) mass is 1780 g/mol. The first-order chi connectivity index (χ1) is 69.4. The van der Waals surface area contributed by atoms with E-state index in [1.165, 1.54) is 55.2 Å². The predicted molar refractivity (Wildman–Crippen MR) is 577 cm³/mol. The van der Waals surface area contributed by atoms with Gasteiger partial charge in [-0.25, -0.2) is 29.9 Å². The topological polar surface area (TPSA) is 97.1 Å². The number of para-hydroxylation sites is 5. The first-order valence-corrected chi connectivity index (χ1v) is 47.7. The minimum absolute atomic E-state index is 0.574. The fourth-order valence-electron chi connectivity index (χ4n) is 22.5. The van der Waals surface area contributed by atoms with Crippen molar-refractivity contribution in [3.63, 3.8) is 0 Å². The van der Waals surface area contributed by atoms with E-state index in [-0.39, 0.29) is 0 Å². The molecule has 6 aromatic heterocycles. The highest BCUT2D eigenvalue weighted by Gasteiger charge is 2.32. The van der Waals surface area contributed by atoms with E-state index in [9.17, 15) is 0 Å². The zero-order valence-corrected chi connectivity index (χ0v) is 75.5. The molecule has 10 heteroatoms. The summed E-state index contributed by atoms with van der Waals surface area (Å²) < 4.78 is 10.0. The summed E-state index contributed by atoms with van der Waals surface area (Å²) in [5.74, 6) is 3.51. The molecule has 0 atom stereocenters. The average Bonchev–Trinajstić information content (AvgIpc) is 1.53. The number of benzene rings is 21. The minimum atomic E-state index is 0.574. The molecule has 140 heavy (non-hydrogen) atoms. The van der Waals surface area contributed by atoms with Gasteiger partial charge in [-0.3, -0.25) is 0 Å². The fourth-order valence-corrected chi connectivity index (χ4v) is 22.5. The number of nitrogens with zero attached hydrogens (tertiary/aromatic N) is 10. The molecule has 0 aliphatic carbocycles. The summed E-state index contributed by atoms with van der Waals surface area (Å²) in [7, 11) is 0. The average molecular weight is 1780 g/mol. The molecule has 0 fully saturated rings. The maximum atomic E-state index is 5.60. The van der Waals surface area contributed by atoms with Gasteiger partial charge in [0, 0.05) is 98.8 Å². The minimum Gasteiger partial charge on any atom is -0.309 e. The second-order valence-electron chi connectivity index (χ2n) is 36.7. The van der Waals surface area contributed by atoms with Crippen molar-refractivity contribution in [2.45, 2.75) is 0 Å². The second-order valence-corrected chi connectivity index (χ2v) is 36.7. The summed E-state index contributed by atoms with van der Waals surface area (Å²) in [5.41, 5.74) is 39.2. The van der Waals surface area contributed by atoms with E-state index in [1.54, 1.807) is 0 Å². The van der Waals surface area contributed by atoms with Gasteiger partial charge in [0.25, 0.3) is 0 Å². The van der Waals surface area contributed by atoms with Crippen LogP contribution in [0.5, 0.6) is 0 Å². The Hall–Kier alpha value is -18.9. The molecule has 0 saturated heterocycles. The first-order valence-electron chi connectivity index (χ1n) is 47.7. The Kier molecular flexibility index (Phi) is 17.6. The van der Waals surface area contributed by atoms with Gasteiger partial charge in [0.1, 0.15) is 0 Å². The molecule has 0 amide bonds. The van der Waals surface area contributed by atoms with Crippen LogP contribution in [0.15, 0.2) is 473 Å². The number of hydrogen-bond donors (Lipinski definition) is 0. The normalized spacial score (nSPS) is 12.0. The smallest absolute Gasteiger partial charge is 0.166 e. The highest BCUT2D eigenvalue weighted by molar-refractivity contribution is 6.25. The van der Waals surface area contributed by atoms with Crippen molar-refractivity contribution in [1.82, 2.24) is 48.2 Å². The van der Waals surface area contributed by atoms with E-state index < -0.39 is 0 Å². The van der Waals surface area contributed by atoms with Crippen LogP contribution in [0.2, 0.25) is 0 Å². The number of aromatic nitrogens is 10. The van der Waals surface area contributed by atoms with E-state index in [2.05, 4.69) is 473 Å². The third kappa shape index (κ3) is 12.5. The lowest BCUT2D eigenvalue weighted by atomic mass is 9.90. The van der Waals surface area contributed by atoms with Crippen molar-refractivity contribution >= 4 is 98.0 Å². The van der Waals surface area contributed by atoms with Gasteiger partial charge in [-0.1, -0.05) is 376 Å². The van der Waals surface area contributed by atoms with E-state index in [1.807, 2.05) is 18.2 Å². The third-order valence-electron chi connectivity index (χ3n) is 29.0. The van der Waals surface area contributed by atoms with Gasteiger partial charge in [-0.15, -0.1) is 0 Å². The summed E-state index contributed by atoms with van der Waals surface area (Å²) in [5, 5.41) is 11.3. The van der Waals surface area contributed by atoms with Gasteiger partial charge in [0.05, 0.1) is 66.8 Å². The van der Waals surface area contributed by atoms with Crippen LogP contribution >= 0.6 is 0 Å². The van der Waals surface area contributed by atoms with Gasteiger partial charge >= 0.3 is 0 Å². The van der Waals surface area contributed by atoms with Crippen molar-refractivity contribution in [2.24, 2.45) is 0 Å². The Balaban J connectivity index is 0.596. The van der Waals surface area contributed by atoms with Gasteiger partial charge in [0.2, 0.25) is 0 Å². The van der Waals surface area contributed by atoms with Crippen molar-refractivity contribution in [3.8, 4) is 191 Å². The van der Waals surface area contributed by atoms with E-state index >= 15 is 0 Å². The third-order valence-corrected chi connectivity index (χ3v) is 29.0. The van der Waals surface area contributed by atoms with Crippen LogP contribution in [0, 0.1) is 0 Å². The zero-order valence-electron chi connectivity index (χ0n) is 75.5. The molecule has 0 radical (unpaired) electrons. The number of hydrogen-bond acceptors (Lipinski definition) is 6. The summed E-state index contributed by atoms with van der Waals surface area (Å²) in [6.07, 6.45) is 0. The summed E-state index contributed by atoms with van der Waals surface area (Å²) in [4.78, 5) is 32.6. The Labute approximate surface area is 805 Å². The standard InChI is InChI=1S/C130H78N10/c1-5-27-79(28-6-1)82-53-55-83(56-54-82)84-57-59-87(60-58-84)127-131-125(86-34-11-4-12-35-86)135-130(136-127)122-96-40-14-13-33-85(96)65-70-116(122)138-113-50-20-19-45-102(113)109-75-120-112(78-119(109)138)107-49-26-47-105-108-73-91(63-68-99(108)101-44-18-22-52-115(101)140(120)124(105)107)92-64-69-103-110-76-121-111(106-48-25-46-104-98-42-16-15-41-97(98)100-43-17-21-51-114(100)139(121)123(104)106)77-118(110)137(117(103)74-92)95-66-61-88(62-67-95)126-132-128(93-38-23-36-89(71-93)80-29-7-2-8-30-80)134-129(133-126)94-39-24-37-90(72-94)81-31-9-3-10-32-81/h1-78H. The quantitative estimate of drug-likeness (QED) is 0.114. The molecule has 10 nitrogen and oxygen atoms in total. The Bertz CT molecular complexity index is 9740. The molecule has 0 unspecified atom stereocenters. The highest BCUT2D eigenvalue weighted by atomic mass is 15.1. The van der Waals surface area contributed by atoms with Crippen LogP contribution in [0.25, 0.3) is 289 Å². The molecule has 2 aliphatic rings. The number of fused-ring (bicyclic) bond motifs is 23. The second kappa shape index (κ2) is 31.4. The van der Waals surface area contributed by atoms with Gasteiger partial charge in [-0.05, 0) is 186 Å². The molecule has 27 aromatic rings. The van der Waals surface area contributed by atoms with E-state index in [0.29, 0.717) is 34.9 Å². The maximum absolute atomic E-state index is 5.60. The largest absolute Gasteiger partial charge is 0.309 e. The summed E-state index contributed by atoms with van der Waals surface area (Å²) in [6.45, 7) is 0. The van der Waals surface area contributed by atoms with E-state index in [4.69, 9.17) is 29.9 Å². The lowest BCUT2D eigenvalue weighted by molar-refractivity contribution is 1.07. The highest BCUT2D eigenvalue weighted by Crippen LogP contribution is 2.54. The lowest BCUT2D eigenvalue weighted by Gasteiger charge is -2.17. The molecule has 29 rings (SSSR count). The Morgan fingerprint density at radius 2 is 0.457 bits per heavy atom. The van der Waals surface area contributed by atoms with Crippen molar-refractivity contribution in [2.75, 3.05) is 0 Å². The molecule has 8 heterocycles. The van der Waals surface area contributed by atoms with Crippen LogP contribution in [0.4, 0.5) is 0 Å². The lowest BCUT2D eigenvalue weighted by Crippen LogP contribution is -2.04. The summed E-state index contributed by atoms with van der Waals surface area (Å²) >= 11 is 0. The first kappa shape index (κ1) is 78.6. The SMILES string of the molecule is c1ccc(-c2ccc(-c3ccc(-c4nc(-c5ccccc5)nc(-c5c(-n6c7ccccc7c7cc8c(cc76)c6cccc7c6n8-c6ccccc6-c6ccc(-c8ccc9c%10cc%11c(cc%10n(-c%10ccc(-c%12nc(-c%13cccc(-c%14ccccc%14)c%13)nc(-c%13cccc(-c%14ccccc%14)c%13)n%12)cc%10)c9c8)c8cccc9c8n%11-c8ccccc8-c8ccccc8-9)cc6-7)ccc6ccccc56)n4)cc3)cc2)cc1.